The summed E-state index contributed by atoms with van der Waals surface area (Å²) in [5.74, 6) is 0.454. The summed E-state index contributed by atoms with van der Waals surface area (Å²) >= 11 is 0. The van der Waals surface area contributed by atoms with Crippen LogP contribution < -0.4 is 0 Å². The Morgan fingerprint density at radius 3 is 2.41 bits per heavy atom. The second kappa shape index (κ2) is 6.70. The quantitative estimate of drug-likeness (QED) is 0.798. The van der Waals surface area contributed by atoms with Gasteiger partial charge in [0.15, 0.2) is 15.7 Å². The first-order valence-corrected chi connectivity index (χ1v) is 10.1. The summed E-state index contributed by atoms with van der Waals surface area (Å²) in [6.45, 7) is 4.18. The third kappa shape index (κ3) is 4.74. The number of sulfone groups is 1. The molecule has 1 aromatic heterocycles. The van der Waals surface area contributed by atoms with E-state index in [1.165, 1.54) is 5.56 Å². The van der Waals surface area contributed by atoms with Crippen molar-refractivity contribution in [3.8, 4) is 0 Å². The van der Waals surface area contributed by atoms with Crippen molar-refractivity contribution >= 4 is 20.6 Å². The fraction of sp³-hybridized carbons (Fsp3) is 0.429. The van der Waals surface area contributed by atoms with E-state index >= 15 is 0 Å². The van der Waals surface area contributed by atoms with E-state index in [9.17, 15) is 12.6 Å². The first-order valence-electron chi connectivity index (χ1n) is 6.72. The third-order valence-corrected chi connectivity index (χ3v) is 5.06. The summed E-state index contributed by atoms with van der Waals surface area (Å²) in [4.78, 5) is 4.63. The van der Waals surface area contributed by atoms with Crippen molar-refractivity contribution in [3.05, 3.63) is 41.5 Å². The summed E-state index contributed by atoms with van der Waals surface area (Å²) < 4.78 is 39.5. The number of nitrogens with zero attached hydrogens (tertiary/aromatic N) is 2. The van der Waals surface area contributed by atoms with Crippen LogP contribution in [0.15, 0.2) is 33.7 Å². The molecule has 0 aliphatic carbocycles. The highest BCUT2D eigenvalue weighted by Gasteiger charge is 2.15. The molecule has 0 aliphatic rings. The molecule has 1 heterocycles. The maximum Gasteiger partial charge on any atom is 0.239 e. The van der Waals surface area contributed by atoms with Gasteiger partial charge < -0.3 is 4.52 Å². The summed E-state index contributed by atoms with van der Waals surface area (Å²) in [6, 6.07) is 7.53. The Hall–Kier alpha value is -1.54. The lowest BCUT2D eigenvalue weighted by Gasteiger charge is -2.05. The van der Waals surface area contributed by atoms with Crippen LogP contribution in [0.1, 0.15) is 37.0 Å². The van der Waals surface area contributed by atoms with E-state index in [0.717, 1.165) is 6.26 Å². The molecular weight excluding hydrogens is 324 g/mol. The smallest absolute Gasteiger partial charge is 0.239 e. The van der Waals surface area contributed by atoms with E-state index in [1.54, 1.807) is 0 Å². The number of benzene rings is 1. The van der Waals surface area contributed by atoms with E-state index in [4.69, 9.17) is 4.52 Å². The van der Waals surface area contributed by atoms with Crippen molar-refractivity contribution in [1.29, 1.82) is 0 Å². The van der Waals surface area contributed by atoms with Crippen LogP contribution in [0, 0.1) is 0 Å². The average Bonchev–Trinajstić information content (AvgIpc) is 2.83. The minimum Gasteiger partial charge on any atom is -0.338 e. The molecule has 1 unspecified atom stereocenters. The zero-order valence-electron chi connectivity index (χ0n) is 12.6. The van der Waals surface area contributed by atoms with Crippen molar-refractivity contribution in [1.82, 2.24) is 10.1 Å². The Labute approximate surface area is 132 Å². The highest BCUT2D eigenvalue weighted by atomic mass is 32.2. The lowest BCUT2D eigenvalue weighted by Crippen LogP contribution is -2.03. The maximum atomic E-state index is 12.3. The first-order chi connectivity index (χ1) is 10.2. The molecule has 2 aromatic rings. The molecule has 120 valence electrons. The molecule has 0 bridgehead atoms. The van der Waals surface area contributed by atoms with Crippen LogP contribution in [-0.4, -0.2) is 29.0 Å². The van der Waals surface area contributed by atoms with E-state index in [2.05, 4.69) is 24.0 Å². The molecule has 0 radical (unpaired) electrons. The zero-order valence-corrected chi connectivity index (χ0v) is 14.3. The molecule has 1 atom stereocenters. The van der Waals surface area contributed by atoms with E-state index in [-0.39, 0.29) is 23.2 Å². The van der Waals surface area contributed by atoms with E-state index in [0.29, 0.717) is 10.8 Å². The molecule has 0 N–H and O–H groups in total. The fourth-order valence-corrected chi connectivity index (χ4v) is 3.38. The lowest BCUT2D eigenvalue weighted by molar-refractivity contribution is 0.385. The maximum absolute atomic E-state index is 12.3. The van der Waals surface area contributed by atoms with Gasteiger partial charge in [0.05, 0.1) is 10.8 Å². The van der Waals surface area contributed by atoms with Crippen LogP contribution in [-0.2, 0) is 32.1 Å². The highest BCUT2D eigenvalue weighted by molar-refractivity contribution is 7.89. The minimum atomic E-state index is -3.22. The summed E-state index contributed by atoms with van der Waals surface area (Å²) in [5.41, 5.74) is 1.17. The van der Waals surface area contributed by atoms with Gasteiger partial charge in [-0.2, -0.15) is 4.98 Å². The molecule has 0 saturated carbocycles. The minimum absolute atomic E-state index is 0.0672. The molecule has 0 amide bonds. The molecular formula is C14H18N2O4S2. The Morgan fingerprint density at radius 1 is 1.23 bits per heavy atom. The molecule has 6 nitrogen and oxygen atoms in total. The zero-order chi connectivity index (χ0) is 16.3. The Balaban J connectivity index is 2.05. The van der Waals surface area contributed by atoms with Crippen LogP contribution in [0.3, 0.4) is 0 Å². The van der Waals surface area contributed by atoms with Gasteiger partial charge >= 0.3 is 0 Å². The number of hydrogen-bond donors (Lipinski definition) is 0. The van der Waals surface area contributed by atoms with Gasteiger partial charge in [0.1, 0.15) is 11.5 Å². The van der Waals surface area contributed by atoms with Gasteiger partial charge in [-0.3, -0.25) is 4.21 Å². The van der Waals surface area contributed by atoms with Gasteiger partial charge in [-0.25, -0.2) is 8.42 Å². The van der Waals surface area contributed by atoms with Gasteiger partial charge in [0.2, 0.25) is 5.89 Å². The second-order valence-electron chi connectivity index (χ2n) is 5.39. The normalized spacial score (nSPS) is 13.5. The Kier molecular flexibility index (Phi) is 5.12. The van der Waals surface area contributed by atoms with Gasteiger partial charge in [0.25, 0.3) is 0 Å². The standard InChI is InChI=1S/C14H18N2O4S2/c1-10(2)11-4-6-12(7-5-11)21(17)8-14-15-13(16-20-14)9-22(3,18)19/h4-7,10H,8-9H2,1-3H3. The van der Waals surface area contributed by atoms with Crippen molar-refractivity contribution in [3.63, 3.8) is 0 Å². The average molecular weight is 342 g/mol. The molecule has 22 heavy (non-hydrogen) atoms. The molecule has 0 saturated heterocycles. The Morgan fingerprint density at radius 2 is 1.86 bits per heavy atom. The third-order valence-electron chi connectivity index (χ3n) is 2.97. The van der Waals surface area contributed by atoms with Crippen molar-refractivity contribution < 1.29 is 17.1 Å². The van der Waals surface area contributed by atoms with Crippen LogP contribution in [0.25, 0.3) is 0 Å². The second-order valence-corrected chi connectivity index (χ2v) is 8.98. The molecule has 1 aromatic carbocycles. The van der Waals surface area contributed by atoms with Crippen LogP contribution in [0.4, 0.5) is 0 Å². The van der Waals surface area contributed by atoms with Gasteiger partial charge in [-0.15, -0.1) is 0 Å². The largest absolute Gasteiger partial charge is 0.338 e. The van der Waals surface area contributed by atoms with Crippen LogP contribution in [0.5, 0.6) is 0 Å². The highest BCUT2D eigenvalue weighted by Crippen LogP contribution is 2.18. The SMILES string of the molecule is CC(C)c1ccc(S(=O)Cc2nc(CS(C)(=O)=O)no2)cc1. The molecule has 8 heteroatoms. The van der Waals surface area contributed by atoms with E-state index in [1.807, 2.05) is 24.3 Å². The van der Waals surface area contributed by atoms with Crippen LogP contribution in [0.2, 0.25) is 0 Å². The van der Waals surface area contributed by atoms with Crippen molar-refractivity contribution in [2.75, 3.05) is 6.26 Å². The summed E-state index contributed by atoms with van der Waals surface area (Å²) in [6.07, 6.45) is 1.09. The van der Waals surface area contributed by atoms with Gasteiger partial charge in [0, 0.05) is 11.2 Å². The lowest BCUT2D eigenvalue weighted by atomic mass is 10.0. The number of hydrogen-bond acceptors (Lipinski definition) is 6. The fourth-order valence-electron chi connectivity index (χ4n) is 1.84. The number of rotatable bonds is 6. The molecule has 0 fully saturated rings. The van der Waals surface area contributed by atoms with Crippen molar-refractivity contribution in [2.45, 2.75) is 36.2 Å². The summed E-state index contributed by atoms with van der Waals surface area (Å²) in [7, 11) is -4.53. The van der Waals surface area contributed by atoms with Gasteiger partial charge in [-0.05, 0) is 23.6 Å². The van der Waals surface area contributed by atoms with E-state index < -0.39 is 20.6 Å². The van der Waals surface area contributed by atoms with Crippen LogP contribution >= 0.6 is 0 Å². The summed E-state index contributed by atoms with van der Waals surface area (Å²) in [5, 5.41) is 3.59. The molecule has 0 aliphatic heterocycles. The number of aromatic nitrogens is 2. The monoisotopic (exact) mass is 342 g/mol. The van der Waals surface area contributed by atoms with Crippen molar-refractivity contribution in [2.24, 2.45) is 0 Å². The van der Waals surface area contributed by atoms with Gasteiger partial charge in [-0.1, -0.05) is 31.1 Å². The molecule has 0 spiro atoms. The predicted molar refractivity (Wildman–Crippen MR) is 83.5 cm³/mol. The first kappa shape index (κ1) is 16.8. The molecule has 2 rings (SSSR count). The Bertz CT molecular complexity index is 764. The predicted octanol–water partition coefficient (Wildman–Crippen LogP) is 2.05. The topological polar surface area (TPSA) is 90.1 Å².